The van der Waals surface area contributed by atoms with Crippen molar-refractivity contribution in [3.63, 3.8) is 0 Å². The van der Waals surface area contributed by atoms with Crippen LogP contribution in [0, 0.1) is 6.92 Å². The molecule has 0 nitrogen and oxygen atoms in total. The van der Waals surface area contributed by atoms with Gasteiger partial charge in [-0.05, 0) is 18.9 Å². The molecule has 0 saturated heterocycles. The number of rotatable bonds is 1. The Labute approximate surface area is 88.3 Å². The fourth-order valence-corrected chi connectivity index (χ4v) is 0.932. The molecule has 12 heavy (non-hydrogen) atoms. The number of aryl methyl sites for hydroxylation is 2. The maximum absolute atomic E-state index is 2.22. The molecule has 0 aliphatic rings. The smallest absolute Gasteiger partial charge is 0 e. The zero-order chi connectivity index (χ0) is 8.69. The topological polar surface area (TPSA) is 0 Å². The van der Waals surface area contributed by atoms with Crippen molar-refractivity contribution in [2.24, 2.45) is 0 Å². The van der Waals surface area contributed by atoms with E-state index in [1.54, 1.807) is 0 Å². The van der Waals surface area contributed by atoms with Crippen LogP contribution >= 0.6 is 0 Å². The van der Waals surface area contributed by atoms with Gasteiger partial charge in [-0.2, -0.15) is 0 Å². The molecule has 0 fully saturated rings. The summed E-state index contributed by atoms with van der Waals surface area (Å²) >= 11 is 0. The van der Waals surface area contributed by atoms with Crippen LogP contribution in [-0.4, -0.2) is 0 Å². The Bertz CT molecular complexity index is 194. The molecule has 1 heteroatoms. The Morgan fingerprint density at radius 2 is 1.75 bits per heavy atom. The van der Waals surface area contributed by atoms with Gasteiger partial charge in [0.2, 0.25) is 0 Å². The minimum atomic E-state index is 0. The molecule has 1 radical (unpaired) electrons. The van der Waals surface area contributed by atoms with Crippen LogP contribution in [0.25, 0.3) is 0 Å². The monoisotopic (exact) mass is 201 g/mol. The summed E-state index contributed by atoms with van der Waals surface area (Å²) in [5.41, 5.74) is 2.78. The number of benzene rings is 1. The van der Waals surface area contributed by atoms with Crippen LogP contribution in [0.2, 0.25) is 0 Å². The molecule has 1 aromatic carbocycles. The van der Waals surface area contributed by atoms with Gasteiger partial charge in [-0.25, -0.2) is 0 Å². The van der Waals surface area contributed by atoms with E-state index < -0.39 is 0 Å². The minimum absolute atomic E-state index is 0. The summed E-state index contributed by atoms with van der Waals surface area (Å²) in [4.78, 5) is 0. The van der Waals surface area contributed by atoms with Crippen LogP contribution < -0.4 is 0 Å². The number of hydrogen-bond donors (Lipinski definition) is 0. The molecule has 0 amide bonds. The van der Waals surface area contributed by atoms with Gasteiger partial charge in [-0.1, -0.05) is 50.6 Å². The summed E-state index contributed by atoms with van der Waals surface area (Å²) in [5.74, 6) is 0. The van der Waals surface area contributed by atoms with E-state index in [9.17, 15) is 0 Å². The van der Waals surface area contributed by atoms with Crippen LogP contribution in [0.5, 0.6) is 0 Å². The molecular weight excluding hydrogens is 183 g/mol. The van der Waals surface area contributed by atoms with Crippen molar-refractivity contribution in [3.8, 4) is 0 Å². The van der Waals surface area contributed by atoms with Crippen LogP contribution in [0.3, 0.4) is 0 Å². The molecule has 0 aromatic heterocycles. The standard InChI is InChI=1S/C9H12.C2H6.V/c1-3-9-6-4-5-8(2)7-9;1-2;/h4-7H,3H2,1-2H3;1-2H3;. The van der Waals surface area contributed by atoms with E-state index >= 15 is 0 Å². The van der Waals surface area contributed by atoms with E-state index in [0.717, 1.165) is 6.42 Å². The van der Waals surface area contributed by atoms with E-state index in [-0.39, 0.29) is 18.6 Å². The predicted molar refractivity (Wildman–Crippen MR) is 51.9 cm³/mol. The zero-order valence-electron chi connectivity index (χ0n) is 8.46. The van der Waals surface area contributed by atoms with Gasteiger partial charge in [0.1, 0.15) is 0 Å². The second kappa shape index (κ2) is 8.90. The molecule has 1 rings (SSSR count). The summed E-state index contributed by atoms with van der Waals surface area (Å²) in [6, 6.07) is 8.61. The van der Waals surface area contributed by atoms with Gasteiger partial charge >= 0.3 is 0 Å². The average molecular weight is 201 g/mol. The van der Waals surface area contributed by atoms with Gasteiger partial charge in [0.05, 0.1) is 0 Å². The van der Waals surface area contributed by atoms with Gasteiger partial charge in [-0.15, -0.1) is 0 Å². The SMILES string of the molecule is CC.CCc1cccc(C)c1.[V]. The summed E-state index contributed by atoms with van der Waals surface area (Å²) in [6.45, 7) is 8.30. The number of hydrogen-bond acceptors (Lipinski definition) is 0. The van der Waals surface area contributed by atoms with Crippen LogP contribution in [-0.2, 0) is 25.0 Å². The van der Waals surface area contributed by atoms with Crippen LogP contribution in [0.4, 0.5) is 0 Å². The van der Waals surface area contributed by atoms with Crippen molar-refractivity contribution in [1.82, 2.24) is 0 Å². The van der Waals surface area contributed by atoms with Gasteiger partial charge in [0, 0.05) is 18.6 Å². The van der Waals surface area contributed by atoms with E-state index in [2.05, 4.69) is 38.1 Å². The van der Waals surface area contributed by atoms with E-state index in [4.69, 9.17) is 0 Å². The first-order valence-corrected chi connectivity index (χ1v) is 4.38. The average Bonchev–Trinajstić information content (AvgIpc) is 2.08. The van der Waals surface area contributed by atoms with Crippen molar-refractivity contribution >= 4 is 0 Å². The Balaban J connectivity index is 0. The van der Waals surface area contributed by atoms with Crippen molar-refractivity contribution in [3.05, 3.63) is 35.4 Å². The Kier molecular flexibility index (Phi) is 10.6. The molecule has 1 aromatic rings. The second-order valence-corrected chi connectivity index (χ2v) is 2.34. The van der Waals surface area contributed by atoms with Gasteiger partial charge in [-0.3, -0.25) is 0 Å². The molecule has 67 valence electrons. The zero-order valence-corrected chi connectivity index (χ0v) is 9.86. The third kappa shape index (κ3) is 5.45. The van der Waals surface area contributed by atoms with E-state index in [1.165, 1.54) is 11.1 Å². The summed E-state index contributed by atoms with van der Waals surface area (Å²) in [5, 5.41) is 0. The maximum atomic E-state index is 2.22. The maximum Gasteiger partial charge on any atom is 0 e. The fraction of sp³-hybridized carbons (Fsp3) is 0.455. The van der Waals surface area contributed by atoms with Crippen LogP contribution in [0.15, 0.2) is 24.3 Å². The van der Waals surface area contributed by atoms with Gasteiger partial charge in [0.25, 0.3) is 0 Å². The summed E-state index contributed by atoms with van der Waals surface area (Å²) in [7, 11) is 0. The Morgan fingerprint density at radius 1 is 1.17 bits per heavy atom. The normalized spacial score (nSPS) is 7.67. The van der Waals surface area contributed by atoms with E-state index in [1.807, 2.05) is 13.8 Å². The molecule has 0 heterocycles. The first-order valence-electron chi connectivity index (χ1n) is 4.38. The minimum Gasteiger partial charge on any atom is -0.0683 e. The van der Waals surface area contributed by atoms with Crippen molar-refractivity contribution < 1.29 is 18.6 Å². The molecule has 0 aliphatic carbocycles. The molecule has 0 N–H and O–H groups in total. The largest absolute Gasteiger partial charge is 0.0683 e. The van der Waals surface area contributed by atoms with Crippen LogP contribution in [0.1, 0.15) is 31.9 Å². The van der Waals surface area contributed by atoms with Crippen molar-refractivity contribution in [2.75, 3.05) is 0 Å². The molecule has 0 atom stereocenters. The quantitative estimate of drug-likeness (QED) is 0.651. The van der Waals surface area contributed by atoms with Crippen molar-refractivity contribution in [2.45, 2.75) is 34.1 Å². The molecule has 0 bridgehead atoms. The Hall–Kier alpha value is -0.196. The van der Waals surface area contributed by atoms with Gasteiger partial charge in [0.15, 0.2) is 0 Å². The summed E-state index contributed by atoms with van der Waals surface area (Å²) in [6.07, 6.45) is 1.14. The molecule has 0 aliphatic heterocycles. The third-order valence-corrected chi connectivity index (χ3v) is 1.49. The molecule has 0 saturated carbocycles. The second-order valence-electron chi connectivity index (χ2n) is 2.34. The summed E-state index contributed by atoms with van der Waals surface area (Å²) < 4.78 is 0. The van der Waals surface area contributed by atoms with Crippen molar-refractivity contribution in [1.29, 1.82) is 0 Å². The molecule has 0 unspecified atom stereocenters. The predicted octanol–water partition coefficient (Wildman–Crippen LogP) is 3.58. The first kappa shape index (κ1) is 14.3. The fourth-order valence-electron chi connectivity index (χ4n) is 0.932. The third-order valence-electron chi connectivity index (χ3n) is 1.49. The van der Waals surface area contributed by atoms with E-state index in [0.29, 0.717) is 0 Å². The first-order chi connectivity index (χ1) is 5.33. The molecule has 0 spiro atoms. The Morgan fingerprint density at radius 3 is 2.08 bits per heavy atom. The molecular formula is C11H18V. The van der Waals surface area contributed by atoms with Gasteiger partial charge < -0.3 is 0 Å².